The maximum Gasteiger partial charge on any atom is 0.263 e. The van der Waals surface area contributed by atoms with Crippen LogP contribution in [0.1, 0.15) is 24.0 Å². The molecule has 0 bridgehead atoms. The van der Waals surface area contributed by atoms with Gasteiger partial charge in [-0.3, -0.25) is 0 Å². The average Bonchev–Trinajstić information content (AvgIpc) is 2.16. The number of rotatable bonds is 4. The second-order valence-electron chi connectivity index (χ2n) is 2.94. The van der Waals surface area contributed by atoms with Gasteiger partial charge in [-0.05, 0) is 30.5 Å². The third kappa shape index (κ3) is 3.31. The van der Waals surface area contributed by atoms with Gasteiger partial charge >= 0.3 is 0 Å². The van der Waals surface area contributed by atoms with E-state index in [0.717, 1.165) is 28.2 Å². The molecule has 0 aliphatic heterocycles. The Hall–Kier alpha value is 0.0400. The molecule has 14 heavy (non-hydrogen) atoms. The number of aryl methyl sites for hydroxylation is 1. The molecule has 0 radical (unpaired) electrons. The summed E-state index contributed by atoms with van der Waals surface area (Å²) in [5.74, 6) is 0. The second kappa shape index (κ2) is 5.81. The van der Waals surface area contributed by atoms with Gasteiger partial charge in [0, 0.05) is 15.4 Å². The SMILES string of the molecule is FC(F)c1ccc(Br)c(CCCBr)c1. The van der Waals surface area contributed by atoms with Crippen molar-refractivity contribution in [2.24, 2.45) is 0 Å². The Morgan fingerprint density at radius 2 is 2.00 bits per heavy atom. The van der Waals surface area contributed by atoms with E-state index in [-0.39, 0.29) is 5.56 Å². The molecule has 0 spiro atoms. The molecular formula is C10H10Br2F2. The van der Waals surface area contributed by atoms with Gasteiger partial charge in [0.05, 0.1) is 0 Å². The molecule has 1 aromatic rings. The monoisotopic (exact) mass is 326 g/mol. The molecule has 0 heterocycles. The van der Waals surface area contributed by atoms with E-state index in [1.807, 2.05) is 0 Å². The van der Waals surface area contributed by atoms with Crippen LogP contribution < -0.4 is 0 Å². The number of alkyl halides is 3. The highest BCUT2D eigenvalue weighted by atomic mass is 79.9. The zero-order chi connectivity index (χ0) is 10.6. The minimum Gasteiger partial charge on any atom is -0.205 e. The zero-order valence-electron chi connectivity index (χ0n) is 7.44. The van der Waals surface area contributed by atoms with Crippen molar-refractivity contribution in [3.05, 3.63) is 33.8 Å². The Morgan fingerprint density at radius 3 is 2.57 bits per heavy atom. The Bertz CT molecular complexity index is 300. The molecule has 0 saturated heterocycles. The van der Waals surface area contributed by atoms with Gasteiger partial charge in [-0.15, -0.1) is 0 Å². The van der Waals surface area contributed by atoms with Crippen LogP contribution in [-0.4, -0.2) is 5.33 Å². The molecule has 0 saturated carbocycles. The maximum absolute atomic E-state index is 12.4. The lowest BCUT2D eigenvalue weighted by atomic mass is 10.1. The molecule has 1 aromatic carbocycles. The summed E-state index contributed by atoms with van der Waals surface area (Å²) in [6.45, 7) is 0. The Balaban J connectivity index is 2.85. The molecule has 0 N–H and O–H groups in total. The Morgan fingerprint density at radius 1 is 1.29 bits per heavy atom. The quantitative estimate of drug-likeness (QED) is 0.702. The molecule has 0 amide bonds. The van der Waals surface area contributed by atoms with Crippen LogP contribution in [0.5, 0.6) is 0 Å². The molecule has 0 aromatic heterocycles. The van der Waals surface area contributed by atoms with Gasteiger partial charge in [0.25, 0.3) is 6.43 Å². The van der Waals surface area contributed by atoms with Gasteiger partial charge in [-0.25, -0.2) is 8.78 Å². The smallest absolute Gasteiger partial charge is 0.205 e. The highest BCUT2D eigenvalue weighted by molar-refractivity contribution is 9.10. The topological polar surface area (TPSA) is 0 Å². The highest BCUT2D eigenvalue weighted by Crippen LogP contribution is 2.25. The van der Waals surface area contributed by atoms with E-state index < -0.39 is 6.43 Å². The van der Waals surface area contributed by atoms with Gasteiger partial charge in [0.2, 0.25) is 0 Å². The summed E-state index contributed by atoms with van der Waals surface area (Å²) >= 11 is 6.66. The lowest BCUT2D eigenvalue weighted by molar-refractivity contribution is 0.151. The first-order valence-corrected chi connectivity index (χ1v) is 6.19. The van der Waals surface area contributed by atoms with Crippen LogP contribution >= 0.6 is 31.9 Å². The van der Waals surface area contributed by atoms with Crippen molar-refractivity contribution in [3.63, 3.8) is 0 Å². The van der Waals surface area contributed by atoms with Crippen molar-refractivity contribution in [2.45, 2.75) is 19.3 Å². The van der Waals surface area contributed by atoms with Gasteiger partial charge in [0.15, 0.2) is 0 Å². The van der Waals surface area contributed by atoms with E-state index in [4.69, 9.17) is 0 Å². The minimum atomic E-state index is -2.38. The third-order valence-electron chi connectivity index (χ3n) is 1.90. The largest absolute Gasteiger partial charge is 0.263 e. The molecule has 78 valence electrons. The summed E-state index contributed by atoms with van der Waals surface area (Å²) in [4.78, 5) is 0. The van der Waals surface area contributed by atoms with E-state index in [1.165, 1.54) is 6.07 Å². The van der Waals surface area contributed by atoms with Crippen molar-refractivity contribution in [1.82, 2.24) is 0 Å². The van der Waals surface area contributed by atoms with Gasteiger partial charge in [0.1, 0.15) is 0 Å². The molecule has 0 fully saturated rings. The van der Waals surface area contributed by atoms with Crippen LogP contribution in [0.25, 0.3) is 0 Å². The lowest BCUT2D eigenvalue weighted by Gasteiger charge is -2.06. The van der Waals surface area contributed by atoms with E-state index >= 15 is 0 Å². The number of hydrogen-bond acceptors (Lipinski definition) is 0. The fourth-order valence-electron chi connectivity index (χ4n) is 1.18. The van der Waals surface area contributed by atoms with Crippen LogP contribution in [-0.2, 0) is 6.42 Å². The number of benzene rings is 1. The highest BCUT2D eigenvalue weighted by Gasteiger charge is 2.09. The summed E-state index contributed by atoms with van der Waals surface area (Å²) in [6, 6.07) is 4.70. The Kier molecular flexibility index (Phi) is 5.02. The first-order valence-electron chi connectivity index (χ1n) is 4.27. The molecule has 0 atom stereocenters. The van der Waals surface area contributed by atoms with E-state index in [1.54, 1.807) is 12.1 Å². The van der Waals surface area contributed by atoms with Crippen LogP contribution in [0, 0.1) is 0 Å². The molecule has 0 aliphatic carbocycles. The summed E-state index contributed by atoms with van der Waals surface area (Å²) in [7, 11) is 0. The fourth-order valence-corrected chi connectivity index (χ4v) is 1.90. The van der Waals surface area contributed by atoms with Gasteiger partial charge in [-0.1, -0.05) is 37.9 Å². The first kappa shape index (κ1) is 12.1. The van der Waals surface area contributed by atoms with Crippen molar-refractivity contribution in [1.29, 1.82) is 0 Å². The lowest BCUT2D eigenvalue weighted by Crippen LogP contribution is -1.92. The van der Waals surface area contributed by atoms with Crippen molar-refractivity contribution >= 4 is 31.9 Å². The van der Waals surface area contributed by atoms with Gasteiger partial charge < -0.3 is 0 Å². The van der Waals surface area contributed by atoms with Crippen molar-refractivity contribution in [3.8, 4) is 0 Å². The van der Waals surface area contributed by atoms with Crippen LogP contribution in [0.4, 0.5) is 8.78 Å². The van der Waals surface area contributed by atoms with E-state index in [0.29, 0.717) is 0 Å². The van der Waals surface area contributed by atoms with Crippen LogP contribution in [0.3, 0.4) is 0 Å². The van der Waals surface area contributed by atoms with Crippen molar-refractivity contribution < 1.29 is 8.78 Å². The van der Waals surface area contributed by atoms with Crippen LogP contribution in [0.2, 0.25) is 0 Å². The van der Waals surface area contributed by atoms with Crippen molar-refractivity contribution in [2.75, 3.05) is 5.33 Å². The van der Waals surface area contributed by atoms with E-state index in [9.17, 15) is 8.78 Å². The third-order valence-corrected chi connectivity index (χ3v) is 3.24. The maximum atomic E-state index is 12.4. The summed E-state index contributed by atoms with van der Waals surface area (Å²) < 4.78 is 25.7. The summed E-state index contributed by atoms with van der Waals surface area (Å²) in [5, 5.41) is 0.887. The standard InChI is InChI=1S/C10H10Br2F2/c11-5-1-2-7-6-8(10(13)14)3-4-9(7)12/h3-4,6,10H,1-2,5H2. The number of hydrogen-bond donors (Lipinski definition) is 0. The number of halogens is 4. The molecular weight excluding hydrogens is 318 g/mol. The predicted octanol–water partition coefficient (Wildman–Crippen LogP) is 4.71. The van der Waals surface area contributed by atoms with Gasteiger partial charge in [-0.2, -0.15) is 0 Å². The summed E-state index contributed by atoms with van der Waals surface area (Å²) in [5.41, 5.74) is 1.04. The average molecular weight is 328 g/mol. The Labute approximate surface area is 99.0 Å². The predicted molar refractivity (Wildman–Crippen MR) is 61.2 cm³/mol. The van der Waals surface area contributed by atoms with Crippen LogP contribution in [0.15, 0.2) is 22.7 Å². The first-order chi connectivity index (χ1) is 6.65. The molecule has 0 unspecified atom stereocenters. The normalized spacial score (nSPS) is 10.9. The second-order valence-corrected chi connectivity index (χ2v) is 4.59. The molecule has 0 aliphatic rings. The molecule has 4 heteroatoms. The molecule has 1 rings (SSSR count). The fraction of sp³-hybridized carbons (Fsp3) is 0.400. The summed E-state index contributed by atoms with van der Waals surface area (Å²) in [6.07, 6.45) is -0.622. The zero-order valence-corrected chi connectivity index (χ0v) is 10.6. The molecule has 0 nitrogen and oxygen atoms in total. The minimum absolute atomic E-state index is 0.0952. The van der Waals surface area contributed by atoms with E-state index in [2.05, 4.69) is 31.9 Å².